The highest BCUT2D eigenvalue weighted by Crippen LogP contribution is 2.40. The first-order valence-electron chi connectivity index (χ1n) is 8.83. The molecule has 1 spiro atoms. The van der Waals surface area contributed by atoms with Gasteiger partial charge in [0, 0.05) is 12.0 Å². The second-order valence-electron chi connectivity index (χ2n) is 6.85. The van der Waals surface area contributed by atoms with Gasteiger partial charge in [-0.25, -0.2) is 9.18 Å². The molecular formula is C20H18FN3O4. The van der Waals surface area contributed by atoms with Crippen LogP contribution in [0.3, 0.4) is 0 Å². The second-order valence-corrected chi connectivity index (χ2v) is 6.85. The van der Waals surface area contributed by atoms with Crippen molar-refractivity contribution in [1.29, 1.82) is 0 Å². The van der Waals surface area contributed by atoms with Crippen molar-refractivity contribution in [3.8, 4) is 5.75 Å². The third-order valence-corrected chi connectivity index (χ3v) is 4.96. The van der Waals surface area contributed by atoms with Crippen molar-refractivity contribution in [3.63, 3.8) is 0 Å². The highest BCUT2D eigenvalue weighted by Gasteiger charge is 2.55. The molecule has 2 aromatic rings. The predicted octanol–water partition coefficient (Wildman–Crippen LogP) is 2.30. The summed E-state index contributed by atoms with van der Waals surface area (Å²) in [6.07, 6.45) is 0.263. The first-order chi connectivity index (χ1) is 13.4. The number of imide groups is 1. The van der Waals surface area contributed by atoms with Crippen molar-refractivity contribution in [2.45, 2.75) is 18.9 Å². The summed E-state index contributed by atoms with van der Waals surface area (Å²) in [6.45, 7) is 1.48. The monoisotopic (exact) mass is 383 g/mol. The highest BCUT2D eigenvalue weighted by atomic mass is 19.1. The number of urea groups is 1. The molecule has 4 amide bonds. The zero-order valence-electron chi connectivity index (χ0n) is 15.1. The van der Waals surface area contributed by atoms with Crippen molar-refractivity contribution in [3.05, 3.63) is 59.4 Å². The van der Waals surface area contributed by atoms with Crippen molar-refractivity contribution in [2.24, 2.45) is 0 Å². The molecule has 2 aliphatic rings. The maximum atomic E-state index is 13.9. The number of halogens is 1. The van der Waals surface area contributed by atoms with Crippen molar-refractivity contribution >= 4 is 23.5 Å². The van der Waals surface area contributed by atoms with Gasteiger partial charge in [-0.2, -0.15) is 0 Å². The van der Waals surface area contributed by atoms with Crippen LogP contribution in [-0.2, 0) is 15.1 Å². The number of benzene rings is 2. The quantitative estimate of drug-likeness (QED) is 0.797. The van der Waals surface area contributed by atoms with E-state index >= 15 is 0 Å². The Morgan fingerprint density at radius 2 is 2.07 bits per heavy atom. The summed E-state index contributed by atoms with van der Waals surface area (Å²) in [4.78, 5) is 38.7. The Bertz CT molecular complexity index is 993. The van der Waals surface area contributed by atoms with Crippen LogP contribution in [0.15, 0.2) is 42.5 Å². The molecule has 0 saturated carbocycles. The van der Waals surface area contributed by atoms with E-state index in [1.54, 1.807) is 37.3 Å². The number of nitrogens with zero attached hydrogens (tertiary/aromatic N) is 1. The zero-order valence-corrected chi connectivity index (χ0v) is 15.1. The molecule has 4 rings (SSSR count). The number of rotatable bonds is 3. The van der Waals surface area contributed by atoms with Gasteiger partial charge in [0.05, 0.1) is 12.3 Å². The number of para-hydroxylation sites is 1. The summed E-state index contributed by atoms with van der Waals surface area (Å²) in [5.74, 6) is -1.24. The highest BCUT2D eigenvalue weighted by molar-refractivity contribution is 6.10. The Hall–Kier alpha value is -3.42. The molecule has 1 saturated heterocycles. The molecule has 0 radical (unpaired) electrons. The fourth-order valence-electron chi connectivity index (χ4n) is 3.57. The molecule has 1 unspecified atom stereocenters. The van der Waals surface area contributed by atoms with E-state index in [0.717, 1.165) is 4.90 Å². The van der Waals surface area contributed by atoms with Gasteiger partial charge in [-0.1, -0.05) is 24.3 Å². The summed E-state index contributed by atoms with van der Waals surface area (Å²) in [5.41, 5.74) is 0.0204. The molecule has 0 bridgehead atoms. The van der Waals surface area contributed by atoms with Crippen molar-refractivity contribution in [2.75, 3.05) is 18.5 Å². The van der Waals surface area contributed by atoms with Crippen LogP contribution < -0.4 is 15.4 Å². The van der Waals surface area contributed by atoms with Gasteiger partial charge in [-0.3, -0.25) is 14.5 Å². The average Bonchev–Trinajstić information content (AvgIpc) is 2.89. The molecule has 0 aliphatic carbocycles. The van der Waals surface area contributed by atoms with Gasteiger partial charge in [0.1, 0.15) is 18.1 Å². The maximum Gasteiger partial charge on any atom is 0.325 e. The molecule has 2 N–H and O–H groups in total. The normalized spacial score (nSPS) is 20.6. The number of hydrogen-bond acceptors (Lipinski definition) is 4. The van der Waals surface area contributed by atoms with Crippen LogP contribution in [0, 0.1) is 12.7 Å². The largest absolute Gasteiger partial charge is 0.493 e. The first-order valence-corrected chi connectivity index (χ1v) is 8.83. The summed E-state index contributed by atoms with van der Waals surface area (Å²) in [5, 5.41) is 5.12. The van der Waals surface area contributed by atoms with Crippen LogP contribution in [0.4, 0.5) is 14.9 Å². The molecule has 2 aromatic carbocycles. The number of carbonyl (C=O) groups excluding carboxylic acids is 3. The number of ether oxygens (including phenoxy) is 1. The molecule has 2 heterocycles. The van der Waals surface area contributed by atoms with Crippen LogP contribution in [-0.4, -0.2) is 35.9 Å². The standard InChI is InChI=1S/C20H18FN3O4/c1-12-6-7-15(14(21)10-12)22-17(25)11-24-18(26)20(23-19(24)27)8-9-28-16-5-3-2-4-13(16)20/h2-7,10H,8-9,11H2,1H3,(H,22,25)(H,23,27). The molecular weight excluding hydrogens is 365 g/mol. The van der Waals surface area contributed by atoms with E-state index in [4.69, 9.17) is 4.74 Å². The Balaban J connectivity index is 1.55. The lowest BCUT2D eigenvalue weighted by molar-refractivity contribution is -0.135. The molecule has 8 heteroatoms. The predicted molar refractivity (Wildman–Crippen MR) is 98.2 cm³/mol. The Kier molecular flexibility index (Phi) is 4.26. The minimum atomic E-state index is -1.25. The zero-order chi connectivity index (χ0) is 19.9. The van der Waals surface area contributed by atoms with Crippen LogP contribution in [0.5, 0.6) is 5.75 Å². The summed E-state index contributed by atoms with van der Waals surface area (Å²) >= 11 is 0. The molecule has 2 aliphatic heterocycles. The second kappa shape index (κ2) is 6.63. The number of anilines is 1. The average molecular weight is 383 g/mol. The molecule has 1 fully saturated rings. The third-order valence-electron chi connectivity index (χ3n) is 4.96. The van der Waals surface area contributed by atoms with Crippen molar-refractivity contribution < 1.29 is 23.5 Å². The topological polar surface area (TPSA) is 87.7 Å². The van der Waals surface area contributed by atoms with E-state index in [2.05, 4.69) is 10.6 Å². The minimum absolute atomic E-state index is 0.00576. The van der Waals surface area contributed by atoms with E-state index in [1.165, 1.54) is 12.1 Å². The summed E-state index contributed by atoms with van der Waals surface area (Å²) in [7, 11) is 0. The fraction of sp³-hybridized carbons (Fsp3) is 0.250. The summed E-state index contributed by atoms with van der Waals surface area (Å²) < 4.78 is 19.5. The van der Waals surface area contributed by atoms with E-state index in [0.29, 0.717) is 16.9 Å². The first kappa shape index (κ1) is 18.0. The Morgan fingerprint density at radius 3 is 2.86 bits per heavy atom. The number of amides is 4. The van der Waals surface area contributed by atoms with Gasteiger partial charge < -0.3 is 15.4 Å². The van der Waals surface area contributed by atoms with Gasteiger partial charge >= 0.3 is 6.03 Å². The van der Waals surface area contributed by atoms with E-state index in [1.807, 2.05) is 0 Å². The molecule has 1 atom stereocenters. The van der Waals surface area contributed by atoms with Crippen LogP contribution >= 0.6 is 0 Å². The van der Waals surface area contributed by atoms with Crippen LogP contribution in [0.25, 0.3) is 0 Å². The third kappa shape index (κ3) is 2.87. The number of fused-ring (bicyclic) bond motifs is 2. The Morgan fingerprint density at radius 1 is 1.29 bits per heavy atom. The van der Waals surface area contributed by atoms with Gasteiger partial charge in [-0.15, -0.1) is 0 Å². The lowest BCUT2D eigenvalue weighted by Crippen LogP contribution is -2.48. The molecule has 144 valence electrons. The van der Waals surface area contributed by atoms with Gasteiger partial charge in [-0.05, 0) is 30.7 Å². The SMILES string of the molecule is Cc1ccc(NC(=O)CN2C(=O)NC3(CCOc4ccccc43)C2=O)c(F)c1. The molecule has 7 nitrogen and oxygen atoms in total. The molecule has 28 heavy (non-hydrogen) atoms. The summed E-state index contributed by atoms with van der Waals surface area (Å²) in [6, 6.07) is 10.7. The maximum absolute atomic E-state index is 13.9. The lowest BCUT2D eigenvalue weighted by Gasteiger charge is -2.33. The molecule has 0 aromatic heterocycles. The minimum Gasteiger partial charge on any atom is -0.493 e. The van der Waals surface area contributed by atoms with Crippen LogP contribution in [0.1, 0.15) is 17.5 Å². The van der Waals surface area contributed by atoms with Crippen LogP contribution in [0.2, 0.25) is 0 Å². The number of hydrogen-bond donors (Lipinski definition) is 2. The fourth-order valence-corrected chi connectivity index (χ4v) is 3.57. The van der Waals surface area contributed by atoms with Crippen molar-refractivity contribution in [1.82, 2.24) is 10.2 Å². The van der Waals surface area contributed by atoms with E-state index < -0.39 is 35.7 Å². The van der Waals surface area contributed by atoms with E-state index in [9.17, 15) is 18.8 Å². The number of carbonyl (C=O) groups is 3. The smallest absolute Gasteiger partial charge is 0.325 e. The van der Waals surface area contributed by atoms with Gasteiger partial charge in [0.25, 0.3) is 5.91 Å². The Labute approximate surface area is 160 Å². The van der Waals surface area contributed by atoms with E-state index in [-0.39, 0.29) is 18.7 Å². The number of aryl methyl sites for hydroxylation is 1. The van der Waals surface area contributed by atoms with Gasteiger partial charge in [0.2, 0.25) is 5.91 Å². The number of nitrogens with one attached hydrogen (secondary N) is 2. The van der Waals surface area contributed by atoms with Gasteiger partial charge in [0.15, 0.2) is 5.54 Å². The lowest BCUT2D eigenvalue weighted by atomic mass is 9.84.